The first-order valence-corrected chi connectivity index (χ1v) is 6.42. The van der Waals surface area contributed by atoms with Crippen LogP contribution < -0.4 is 10.1 Å². The highest BCUT2D eigenvalue weighted by Gasteiger charge is 2.16. The first-order valence-electron chi connectivity index (χ1n) is 6.42. The molecule has 94 valence electrons. The van der Waals surface area contributed by atoms with Gasteiger partial charge in [-0.25, -0.2) is 4.98 Å². The maximum atomic E-state index is 5.89. The van der Waals surface area contributed by atoms with Crippen LogP contribution in [0.4, 0.5) is 0 Å². The van der Waals surface area contributed by atoms with Crippen molar-refractivity contribution in [2.45, 2.75) is 33.4 Å². The minimum Gasteiger partial charge on any atom is -0.473 e. The molecule has 0 bridgehead atoms. The Hall–Kier alpha value is -1.61. The Morgan fingerprint density at radius 3 is 3.00 bits per heavy atom. The highest BCUT2D eigenvalue weighted by molar-refractivity contribution is 5.84. The molecule has 1 aromatic heterocycles. The number of nitrogens with zero attached hydrogens (tertiary/aromatic N) is 1. The van der Waals surface area contributed by atoms with Crippen molar-refractivity contribution in [2.24, 2.45) is 0 Å². The predicted octanol–water partition coefficient (Wildman–Crippen LogP) is 2.72. The van der Waals surface area contributed by atoms with E-state index in [-0.39, 0.29) is 6.10 Å². The molecule has 0 saturated carbocycles. The molecule has 3 nitrogen and oxygen atoms in total. The quantitative estimate of drug-likeness (QED) is 0.771. The molecule has 18 heavy (non-hydrogen) atoms. The van der Waals surface area contributed by atoms with Crippen LogP contribution in [0.15, 0.2) is 18.2 Å². The highest BCUT2D eigenvalue weighted by Crippen LogP contribution is 2.27. The zero-order valence-corrected chi connectivity index (χ0v) is 11.1. The van der Waals surface area contributed by atoms with E-state index >= 15 is 0 Å². The van der Waals surface area contributed by atoms with Crippen LogP contribution in [-0.2, 0) is 6.54 Å². The van der Waals surface area contributed by atoms with E-state index in [2.05, 4.69) is 44.3 Å². The van der Waals surface area contributed by atoms with Crippen LogP contribution in [0, 0.1) is 13.8 Å². The molecule has 1 aliphatic rings. The zero-order chi connectivity index (χ0) is 12.7. The van der Waals surface area contributed by atoms with Crippen LogP contribution >= 0.6 is 0 Å². The lowest BCUT2D eigenvalue weighted by Gasteiger charge is -2.13. The number of benzene rings is 1. The summed E-state index contributed by atoms with van der Waals surface area (Å²) in [5.41, 5.74) is 4.72. The Morgan fingerprint density at radius 1 is 1.33 bits per heavy atom. The van der Waals surface area contributed by atoms with Crippen LogP contribution in [0.3, 0.4) is 0 Å². The van der Waals surface area contributed by atoms with E-state index < -0.39 is 0 Å². The van der Waals surface area contributed by atoms with Gasteiger partial charge in [0.15, 0.2) is 0 Å². The molecule has 0 aliphatic carbocycles. The molecule has 0 fully saturated rings. The van der Waals surface area contributed by atoms with Gasteiger partial charge in [0.1, 0.15) is 6.10 Å². The van der Waals surface area contributed by atoms with Gasteiger partial charge in [0.05, 0.1) is 5.52 Å². The summed E-state index contributed by atoms with van der Waals surface area (Å²) in [5.74, 6) is 0.786. The second kappa shape index (κ2) is 4.25. The van der Waals surface area contributed by atoms with Crippen molar-refractivity contribution in [3.8, 4) is 5.88 Å². The number of aromatic nitrogens is 1. The summed E-state index contributed by atoms with van der Waals surface area (Å²) < 4.78 is 5.89. The average molecular weight is 242 g/mol. The second-order valence-electron chi connectivity index (χ2n) is 5.09. The maximum Gasteiger partial charge on any atom is 0.218 e. The molecule has 1 N–H and O–H groups in total. The lowest BCUT2D eigenvalue weighted by molar-refractivity contribution is 0.218. The Labute approximate surface area is 107 Å². The van der Waals surface area contributed by atoms with E-state index in [1.807, 2.05) is 0 Å². The average Bonchev–Trinajstić information content (AvgIpc) is 2.52. The standard InChI is InChI=1S/C15H18N2O/c1-9-4-5-12-6-13-8-16-7-10(2)18-15(13)17-14(12)11(9)3/h4-6,10,16H,7-8H2,1-3H3/t10-/m0/s1. The summed E-state index contributed by atoms with van der Waals surface area (Å²) in [5, 5.41) is 4.57. The predicted molar refractivity (Wildman–Crippen MR) is 73.0 cm³/mol. The molecule has 0 radical (unpaired) electrons. The van der Waals surface area contributed by atoms with Gasteiger partial charge in [-0.05, 0) is 38.0 Å². The van der Waals surface area contributed by atoms with Crippen molar-refractivity contribution in [3.05, 3.63) is 34.9 Å². The van der Waals surface area contributed by atoms with Crippen molar-refractivity contribution in [2.75, 3.05) is 6.54 Å². The largest absolute Gasteiger partial charge is 0.473 e. The molecule has 0 unspecified atom stereocenters. The van der Waals surface area contributed by atoms with Gasteiger partial charge in [-0.3, -0.25) is 0 Å². The third kappa shape index (κ3) is 1.85. The molecule has 2 heterocycles. The van der Waals surface area contributed by atoms with E-state index in [0.29, 0.717) is 0 Å². The minimum absolute atomic E-state index is 0.168. The fourth-order valence-electron chi connectivity index (χ4n) is 2.38. The Balaban J connectivity index is 2.22. The lowest BCUT2D eigenvalue weighted by atomic mass is 10.0. The van der Waals surface area contributed by atoms with Crippen molar-refractivity contribution >= 4 is 10.9 Å². The van der Waals surface area contributed by atoms with Gasteiger partial charge in [0.25, 0.3) is 0 Å². The number of fused-ring (bicyclic) bond motifs is 2. The number of rotatable bonds is 0. The van der Waals surface area contributed by atoms with Crippen LogP contribution in [0.25, 0.3) is 10.9 Å². The monoisotopic (exact) mass is 242 g/mol. The van der Waals surface area contributed by atoms with E-state index in [9.17, 15) is 0 Å². The van der Waals surface area contributed by atoms with Gasteiger partial charge in [0, 0.05) is 24.0 Å². The van der Waals surface area contributed by atoms with E-state index in [0.717, 1.165) is 30.0 Å². The smallest absolute Gasteiger partial charge is 0.218 e. The van der Waals surface area contributed by atoms with Gasteiger partial charge < -0.3 is 10.1 Å². The fraction of sp³-hybridized carbons (Fsp3) is 0.400. The van der Waals surface area contributed by atoms with E-state index in [1.165, 1.54) is 16.5 Å². The van der Waals surface area contributed by atoms with Gasteiger partial charge in [0.2, 0.25) is 5.88 Å². The summed E-state index contributed by atoms with van der Waals surface area (Å²) in [6.45, 7) is 8.00. The zero-order valence-electron chi connectivity index (χ0n) is 11.1. The Kier molecular flexibility index (Phi) is 2.71. The van der Waals surface area contributed by atoms with Crippen LogP contribution in [-0.4, -0.2) is 17.6 Å². The van der Waals surface area contributed by atoms with Crippen LogP contribution in [0.2, 0.25) is 0 Å². The van der Waals surface area contributed by atoms with Gasteiger partial charge in [-0.15, -0.1) is 0 Å². The second-order valence-corrected chi connectivity index (χ2v) is 5.09. The minimum atomic E-state index is 0.168. The van der Waals surface area contributed by atoms with Crippen LogP contribution in [0.1, 0.15) is 23.6 Å². The Morgan fingerprint density at radius 2 is 2.17 bits per heavy atom. The van der Waals surface area contributed by atoms with Crippen LogP contribution in [0.5, 0.6) is 5.88 Å². The summed E-state index contributed by atoms with van der Waals surface area (Å²) in [7, 11) is 0. The number of nitrogens with one attached hydrogen (secondary N) is 1. The molecular formula is C15H18N2O. The molecule has 3 rings (SSSR count). The molecular weight excluding hydrogens is 224 g/mol. The third-order valence-electron chi connectivity index (χ3n) is 3.61. The topological polar surface area (TPSA) is 34.1 Å². The molecule has 2 aromatic rings. The molecule has 0 amide bonds. The summed E-state index contributed by atoms with van der Waals surface area (Å²) >= 11 is 0. The summed E-state index contributed by atoms with van der Waals surface area (Å²) in [6, 6.07) is 6.48. The summed E-state index contributed by atoms with van der Waals surface area (Å²) in [4.78, 5) is 4.72. The molecule has 0 saturated heterocycles. The molecule has 3 heteroatoms. The van der Waals surface area contributed by atoms with Crippen molar-refractivity contribution in [1.29, 1.82) is 0 Å². The number of ether oxygens (including phenoxy) is 1. The molecule has 0 spiro atoms. The van der Waals surface area contributed by atoms with Gasteiger partial charge >= 0.3 is 0 Å². The van der Waals surface area contributed by atoms with Crippen molar-refractivity contribution in [1.82, 2.24) is 10.3 Å². The van der Waals surface area contributed by atoms with Gasteiger partial charge in [-0.1, -0.05) is 12.1 Å². The molecule has 1 aromatic carbocycles. The molecule has 1 aliphatic heterocycles. The van der Waals surface area contributed by atoms with E-state index in [4.69, 9.17) is 9.72 Å². The number of pyridine rings is 1. The first kappa shape index (κ1) is 11.5. The third-order valence-corrected chi connectivity index (χ3v) is 3.61. The highest BCUT2D eigenvalue weighted by atomic mass is 16.5. The number of aryl methyl sites for hydroxylation is 2. The number of hydrogen-bond acceptors (Lipinski definition) is 3. The van der Waals surface area contributed by atoms with E-state index in [1.54, 1.807) is 0 Å². The lowest BCUT2D eigenvalue weighted by Crippen LogP contribution is -2.25. The van der Waals surface area contributed by atoms with Crippen molar-refractivity contribution < 1.29 is 4.74 Å². The molecule has 1 atom stereocenters. The fourth-order valence-corrected chi connectivity index (χ4v) is 2.38. The first-order chi connectivity index (χ1) is 8.65. The van der Waals surface area contributed by atoms with Gasteiger partial charge in [-0.2, -0.15) is 0 Å². The normalized spacial score (nSPS) is 19.2. The number of hydrogen-bond donors (Lipinski definition) is 1. The Bertz CT molecular complexity index is 607. The van der Waals surface area contributed by atoms with Crippen molar-refractivity contribution in [3.63, 3.8) is 0 Å². The SMILES string of the molecule is Cc1ccc2cc3c(nc2c1C)O[C@@H](C)CNC3. The maximum absolute atomic E-state index is 5.89. The summed E-state index contributed by atoms with van der Waals surface area (Å²) in [6.07, 6.45) is 0.168.